The van der Waals surface area contributed by atoms with Crippen molar-refractivity contribution in [3.63, 3.8) is 0 Å². The molecule has 4 nitrogen and oxygen atoms in total. The number of aryl methyl sites for hydroxylation is 2. The van der Waals surface area contributed by atoms with E-state index in [1.165, 1.54) is 6.26 Å². The molecule has 12 heavy (non-hydrogen) atoms. The zero-order valence-corrected chi connectivity index (χ0v) is 6.87. The lowest BCUT2D eigenvalue weighted by Gasteiger charge is -1.97. The van der Waals surface area contributed by atoms with Crippen LogP contribution in [0, 0.1) is 13.8 Å². The molecule has 0 aliphatic rings. The van der Waals surface area contributed by atoms with Crippen molar-refractivity contribution >= 4 is 5.71 Å². The van der Waals surface area contributed by atoms with E-state index in [0.717, 1.165) is 0 Å². The largest absolute Gasteiger partial charge is 0.446 e. The zero-order chi connectivity index (χ0) is 8.72. The van der Waals surface area contributed by atoms with Crippen molar-refractivity contribution in [2.45, 2.75) is 13.8 Å². The lowest BCUT2D eigenvalue weighted by Crippen LogP contribution is -2.14. The third-order valence-electron chi connectivity index (χ3n) is 1.86. The molecule has 2 rings (SSSR count). The Morgan fingerprint density at radius 1 is 1.50 bits per heavy atom. The van der Waals surface area contributed by atoms with Gasteiger partial charge < -0.3 is 4.42 Å². The summed E-state index contributed by atoms with van der Waals surface area (Å²) >= 11 is 0. The van der Waals surface area contributed by atoms with Crippen molar-refractivity contribution in [3.8, 4) is 0 Å². The molecule has 0 unspecified atom stereocenters. The minimum Gasteiger partial charge on any atom is -0.446 e. The molecule has 0 bridgehead atoms. The van der Waals surface area contributed by atoms with Crippen molar-refractivity contribution in [3.05, 3.63) is 34.2 Å². The number of oxazole rings is 1. The Morgan fingerprint density at radius 3 is 3.00 bits per heavy atom. The summed E-state index contributed by atoms with van der Waals surface area (Å²) in [5, 5.41) is 0. The Bertz CT molecular complexity index is 481. The van der Waals surface area contributed by atoms with Gasteiger partial charge in [0.05, 0.1) is 5.56 Å². The second kappa shape index (κ2) is 2.20. The van der Waals surface area contributed by atoms with Gasteiger partial charge in [-0.05, 0) is 13.8 Å². The summed E-state index contributed by atoms with van der Waals surface area (Å²) in [6, 6.07) is 0. The van der Waals surface area contributed by atoms with Crippen LogP contribution in [-0.4, -0.2) is 9.38 Å². The summed E-state index contributed by atoms with van der Waals surface area (Å²) < 4.78 is 6.88. The maximum absolute atomic E-state index is 11.2. The van der Waals surface area contributed by atoms with Gasteiger partial charge in [0.2, 0.25) is 5.71 Å². The summed E-state index contributed by atoms with van der Waals surface area (Å²) in [4.78, 5) is 15.0. The number of rotatable bonds is 0. The molecule has 4 heteroatoms. The molecule has 0 amide bonds. The van der Waals surface area contributed by atoms with Gasteiger partial charge in [0.1, 0.15) is 12.1 Å². The first-order valence-electron chi connectivity index (χ1n) is 3.63. The summed E-state index contributed by atoms with van der Waals surface area (Å²) in [6.07, 6.45) is 3.28. The molecule has 62 valence electrons. The number of nitrogens with zero attached hydrogens (tertiary/aromatic N) is 2. The summed E-state index contributed by atoms with van der Waals surface area (Å²) in [7, 11) is 0. The van der Waals surface area contributed by atoms with Crippen LogP contribution < -0.4 is 5.56 Å². The van der Waals surface area contributed by atoms with Crippen LogP contribution in [0.3, 0.4) is 0 Å². The molecule has 2 heterocycles. The summed E-state index contributed by atoms with van der Waals surface area (Å²) in [5.41, 5.74) is 0.903. The second-order valence-corrected chi connectivity index (χ2v) is 2.67. The Morgan fingerprint density at radius 2 is 2.25 bits per heavy atom. The van der Waals surface area contributed by atoms with Gasteiger partial charge in [0.25, 0.3) is 5.56 Å². The number of fused-ring (bicyclic) bond motifs is 1. The number of aromatic nitrogens is 2. The maximum atomic E-state index is 11.2. The van der Waals surface area contributed by atoms with E-state index in [2.05, 4.69) is 4.98 Å². The highest BCUT2D eigenvalue weighted by Gasteiger charge is 2.06. The highest BCUT2D eigenvalue weighted by atomic mass is 16.3. The lowest BCUT2D eigenvalue weighted by molar-refractivity contribution is 0.600. The summed E-state index contributed by atoms with van der Waals surface area (Å²) in [6.45, 7) is 3.47. The van der Waals surface area contributed by atoms with Gasteiger partial charge in [0.15, 0.2) is 0 Å². The predicted molar refractivity (Wildman–Crippen MR) is 43.2 cm³/mol. The molecule has 0 spiro atoms. The molecule has 0 radical (unpaired) electrons. The van der Waals surface area contributed by atoms with Crippen LogP contribution in [-0.2, 0) is 0 Å². The van der Waals surface area contributed by atoms with Gasteiger partial charge in [0, 0.05) is 6.20 Å². The van der Waals surface area contributed by atoms with E-state index in [4.69, 9.17) is 4.42 Å². The SMILES string of the molecule is Cc1c(=O)nc(C)n2ccoc12. The Labute approximate surface area is 68.5 Å². The van der Waals surface area contributed by atoms with Gasteiger partial charge in [-0.1, -0.05) is 0 Å². The molecule has 0 fully saturated rings. The number of hydrogen-bond acceptors (Lipinski definition) is 3. The van der Waals surface area contributed by atoms with E-state index in [1.807, 2.05) is 0 Å². The van der Waals surface area contributed by atoms with Crippen LogP contribution >= 0.6 is 0 Å². The van der Waals surface area contributed by atoms with Gasteiger partial charge in [-0.25, -0.2) is 0 Å². The predicted octanol–water partition coefficient (Wildman–Crippen LogP) is 0.904. The zero-order valence-electron chi connectivity index (χ0n) is 6.87. The molecule has 0 saturated carbocycles. The lowest BCUT2D eigenvalue weighted by atomic mass is 10.3. The van der Waals surface area contributed by atoms with Crippen molar-refractivity contribution in [2.24, 2.45) is 0 Å². The fourth-order valence-electron chi connectivity index (χ4n) is 1.18. The second-order valence-electron chi connectivity index (χ2n) is 2.67. The van der Waals surface area contributed by atoms with Crippen LogP contribution in [0.4, 0.5) is 0 Å². The first kappa shape index (κ1) is 7.09. The van der Waals surface area contributed by atoms with E-state index in [0.29, 0.717) is 17.1 Å². The highest BCUT2D eigenvalue weighted by molar-refractivity contribution is 5.42. The normalized spacial score (nSPS) is 10.8. The van der Waals surface area contributed by atoms with Crippen molar-refractivity contribution in [1.29, 1.82) is 0 Å². The van der Waals surface area contributed by atoms with Crippen molar-refractivity contribution < 1.29 is 4.42 Å². The molecule has 0 aliphatic heterocycles. The van der Waals surface area contributed by atoms with E-state index < -0.39 is 0 Å². The van der Waals surface area contributed by atoms with Gasteiger partial charge in [-0.3, -0.25) is 9.20 Å². The topological polar surface area (TPSA) is 47.5 Å². The molecule has 0 N–H and O–H groups in total. The third kappa shape index (κ3) is 0.777. The molecule has 2 aromatic heterocycles. The average molecular weight is 164 g/mol. The maximum Gasteiger partial charge on any atom is 0.279 e. The molecule has 0 aliphatic carbocycles. The van der Waals surface area contributed by atoms with E-state index in [1.54, 1.807) is 24.4 Å². The minimum atomic E-state index is -0.220. The van der Waals surface area contributed by atoms with Crippen LogP contribution in [0.1, 0.15) is 11.4 Å². The van der Waals surface area contributed by atoms with Crippen molar-refractivity contribution in [2.75, 3.05) is 0 Å². The third-order valence-corrected chi connectivity index (χ3v) is 1.86. The van der Waals surface area contributed by atoms with Crippen LogP contribution in [0.25, 0.3) is 5.71 Å². The molecule has 0 aromatic carbocycles. The monoisotopic (exact) mass is 164 g/mol. The fraction of sp³-hybridized carbons (Fsp3) is 0.250. The minimum absolute atomic E-state index is 0.220. The quantitative estimate of drug-likeness (QED) is 0.581. The smallest absolute Gasteiger partial charge is 0.279 e. The molecule has 0 saturated heterocycles. The Hall–Kier alpha value is -1.58. The van der Waals surface area contributed by atoms with Gasteiger partial charge in [-0.2, -0.15) is 4.98 Å². The van der Waals surface area contributed by atoms with Gasteiger partial charge in [-0.15, -0.1) is 0 Å². The van der Waals surface area contributed by atoms with Crippen LogP contribution in [0.15, 0.2) is 21.7 Å². The molecular weight excluding hydrogens is 156 g/mol. The summed E-state index contributed by atoms with van der Waals surface area (Å²) in [5.74, 6) is 0.648. The Kier molecular flexibility index (Phi) is 1.30. The van der Waals surface area contributed by atoms with E-state index in [9.17, 15) is 4.79 Å². The van der Waals surface area contributed by atoms with Gasteiger partial charge >= 0.3 is 0 Å². The van der Waals surface area contributed by atoms with E-state index in [-0.39, 0.29) is 5.56 Å². The molecule has 0 atom stereocenters. The fourth-order valence-corrected chi connectivity index (χ4v) is 1.18. The molecule has 2 aromatic rings. The Balaban J connectivity index is 3.07. The van der Waals surface area contributed by atoms with Crippen LogP contribution in [0.2, 0.25) is 0 Å². The standard InChI is InChI=1S/C8H8N2O2/c1-5-7(11)9-6(2)10-3-4-12-8(5)10/h3-4H,1-2H3. The van der Waals surface area contributed by atoms with E-state index >= 15 is 0 Å². The average Bonchev–Trinajstić information content (AvgIpc) is 2.48. The first-order valence-corrected chi connectivity index (χ1v) is 3.63. The van der Waals surface area contributed by atoms with Crippen LogP contribution in [0.5, 0.6) is 0 Å². The number of hydrogen-bond donors (Lipinski definition) is 0. The molecular formula is C8H8N2O2. The highest BCUT2D eigenvalue weighted by Crippen LogP contribution is 2.07. The first-order chi connectivity index (χ1) is 5.70. The van der Waals surface area contributed by atoms with Crippen molar-refractivity contribution in [1.82, 2.24) is 9.38 Å².